The van der Waals surface area contributed by atoms with Crippen LogP contribution in [0.3, 0.4) is 0 Å². The Morgan fingerprint density at radius 2 is 2.04 bits per heavy atom. The maximum Gasteiger partial charge on any atom is 0.246 e. The number of nitrogens with zero attached hydrogens (tertiary/aromatic N) is 1. The Hall–Kier alpha value is -2.55. The number of carbonyl (C=O) groups excluding carboxylic acids is 1. The fourth-order valence-corrected chi connectivity index (χ4v) is 3.27. The second kappa shape index (κ2) is 7.56. The molecule has 1 aliphatic heterocycles. The third-order valence-electron chi connectivity index (χ3n) is 4.53. The SMILES string of the molecule is C=CC(=O)N1Cc2cc(OCC(C)C)ccc2[C@@H](c2ccccc2)C1. The largest absolute Gasteiger partial charge is 0.493 e. The van der Waals surface area contributed by atoms with E-state index in [4.69, 9.17) is 4.74 Å². The molecule has 0 saturated heterocycles. The normalized spacial score (nSPS) is 16.4. The van der Waals surface area contributed by atoms with Crippen LogP contribution in [0.1, 0.15) is 36.5 Å². The van der Waals surface area contributed by atoms with E-state index in [1.165, 1.54) is 17.2 Å². The van der Waals surface area contributed by atoms with Gasteiger partial charge in [-0.2, -0.15) is 0 Å². The smallest absolute Gasteiger partial charge is 0.246 e. The molecule has 0 aromatic heterocycles. The highest BCUT2D eigenvalue weighted by molar-refractivity contribution is 5.87. The van der Waals surface area contributed by atoms with Crippen molar-refractivity contribution in [2.24, 2.45) is 5.92 Å². The number of hydrogen-bond acceptors (Lipinski definition) is 2. The molecular formula is C22H25NO2. The van der Waals surface area contributed by atoms with Crippen molar-refractivity contribution in [1.29, 1.82) is 0 Å². The van der Waals surface area contributed by atoms with E-state index >= 15 is 0 Å². The first kappa shape index (κ1) is 17.3. The standard InChI is InChI=1S/C22H25NO2/c1-4-22(24)23-13-18-12-19(25-15-16(2)3)10-11-20(18)21(14-23)17-8-6-5-7-9-17/h4-12,16,21H,1,13-15H2,2-3H3/t21-/m1/s1. The molecule has 3 heteroatoms. The van der Waals surface area contributed by atoms with Gasteiger partial charge in [0, 0.05) is 19.0 Å². The monoisotopic (exact) mass is 335 g/mol. The van der Waals surface area contributed by atoms with Crippen molar-refractivity contribution < 1.29 is 9.53 Å². The Morgan fingerprint density at radius 1 is 1.28 bits per heavy atom. The molecule has 0 aliphatic carbocycles. The molecule has 0 bridgehead atoms. The molecule has 3 rings (SSSR count). The molecule has 1 amide bonds. The fraction of sp³-hybridized carbons (Fsp3) is 0.318. The van der Waals surface area contributed by atoms with Gasteiger partial charge in [-0.15, -0.1) is 0 Å². The number of amides is 1. The number of ether oxygens (including phenoxy) is 1. The van der Waals surface area contributed by atoms with Gasteiger partial charge in [0.15, 0.2) is 0 Å². The van der Waals surface area contributed by atoms with Gasteiger partial charge >= 0.3 is 0 Å². The Bertz CT molecular complexity index is 752. The lowest BCUT2D eigenvalue weighted by Crippen LogP contribution is -2.37. The van der Waals surface area contributed by atoms with Gasteiger partial charge in [0.05, 0.1) is 6.61 Å². The molecule has 0 spiro atoms. The fourth-order valence-electron chi connectivity index (χ4n) is 3.27. The average molecular weight is 335 g/mol. The van der Waals surface area contributed by atoms with Crippen LogP contribution < -0.4 is 4.74 Å². The predicted molar refractivity (Wildman–Crippen MR) is 101 cm³/mol. The summed E-state index contributed by atoms with van der Waals surface area (Å²) < 4.78 is 5.87. The van der Waals surface area contributed by atoms with Crippen molar-refractivity contribution >= 4 is 5.91 Å². The molecule has 1 heterocycles. The first-order valence-corrected chi connectivity index (χ1v) is 8.80. The molecule has 0 radical (unpaired) electrons. The summed E-state index contributed by atoms with van der Waals surface area (Å²) in [4.78, 5) is 14.1. The van der Waals surface area contributed by atoms with Crippen LogP contribution in [-0.2, 0) is 11.3 Å². The van der Waals surface area contributed by atoms with Crippen molar-refractivity contribution in [2.45, 2.75) is 26.3 Å². The zero-order valence-electron chi connectivity index (χ0n) is 14.9. The Kier molecular flexibility index (Phi) is 5.22. The zero-order valence-corrected chi connectivity index (χ0v) is 14.9. The van der Waals surface area contributed by atoms with Crippen LogP contribution in [0, 0.1) is 5.92 Å². The first-order valence-electron chi connectivity index (χ1n) is 8.80. The average Bonchev–Trinajstić information content (AvgIpc) is 2.65. The van der Waals surface area contributed by atoms with Gasteiger partial charge < -0.3 is 9.64 Å². The summed E-state index contributed by atoms with van der Waals surface area (Å²) >= 11 is 0. The molecular weight excluding hydrogens is 310 g/mol. The minimum atomic E-state index is -0.0277. The summed E-state index contributed by atoms with van der Waals surface area (Å²) in [6, 6.07) is 16.6. The highest BCUT2D eigenvalue weighted by Gasteiger charge is 2.28. The maximum atomic E-state index is 12.2. The van der Waals surface area contributed by atoms with Crippen LogP contribution in [0.2, 0.25) is 0 Å². The topological polar surface area (TPSA) is 29.5 Å². The minimum absolute atomic E-state index is 0.0277. The summed E-state index contributed by atoms with van der Waals surface area (Å²) in [5, 5.41) is 0. The summed E-state index contributed by atoms with van der Waals surface area (Å²) in [6.45, 7) is 9.87. The van der Waals surface area contributed by atoms with Gasteiger partial charge in [-0.3, -0.25) is 4.79 Å². The lowest BCUT2D eigenvalue weighted by molar-refractivity contribution is -0.127. The third-order valence-corrected chi connectivity index (χ3v) is 4.53. The second-order valence-corrected chi connectivity index (χ2v) is 6.95. The third kappa shape index (κ3) is 3.93. The zero-order chi connectivity index (χ0) is 17.8. The van der Waals surface area contributed by atoms with Crippen molar-refractivity contribution in [2.75, 3.05) is 13.2 Å². The molecule has 3 nitrogen and oxygen atoms in total. The van der Waals surface area contributed by atoms with Gasteiger partial charge in [-0.25, -0.2) is 0 Å². The van der Waals surface area contributed by atoms with E-state index in [1.807, 2.05) is 29.2 Å². The Balaban J connectivity index is 1.96. The highest BCUT2D eigenvalue weighted by atomic mass is 16.5. The van der Waals surface area contributed by atoms with Crippen LogP contribution in [0.25, 0.3) is 0 Å². The van der Waals surface area contributed by atoms with E-state index in [9.17, 15) is 4.79 Å². The maximum absolute atomic E-state index is 12.2. The molecule has 2 aromatic carbocycles. The lowest BCUT2D eigenvalue weighted by Gasteiger charge is -2.34. The van der Waals surface area contributed by atoms with Crippen molar-refractivity contribution in [3.63, 3.8) is 0 Å². The summed E-state index contributed by atoms with van der Waals surface area (Å²) in [6.07, 6.45) is 1.40. The summed E-state index contributed by atoms with van der Waals surface area (Å²) in [5.74, 6) is 1.49. The van der Waals surface area contributed by atoms with E-state index in [-0.39, 0.29) is 11.8 Å². The molecule has 0 saturated carbocycles. The molecule has 1 atom stereocenters. The van der Waals surface area contributed by atoms with E-state index in [0.717, 1.165) is 11.3 Å². The van der Waals surface area contributed by atoms with Crippen LogP contribution >= 0.6 is 0 Å². The number of carbonyl (C=O) groups is 1. The summed E-state index contributed by atoms with van der Waals surface area (Å²) in [5.41, 5.74) is 3.65. The van der Waals surface area contributed by atoms with E-state index in [1.54, 1.807) is 0 Å². The van der Waals surface area contributed by atoms with Crippen LogP contribution in [0.15, 0.2) is 61.2 Å². The van der Waals surface area contributed by atoms with Crippen LogP contribution in [0.4, 0.5) is 0 Å². The number of rotatable bonds is 5. The van der Waals surface area contributed by atoms with Gasteiger partial charge in [0.25, 0.3) is 0 Å². The number of benzene rings is 2. The van der Waals surface area contributed by atoms with E-state index < -0.39 is 0 Å². The molecule has 2 aromatic rings. The predicted octanol–water partition coefficient (Wildman–Crippen LogP) is 4.38. The van der Waals surface area contributed by atoms with Crippen molar-refractivity contribution in [1.82, 2.24) is 4.90 Å². The second-order valence-electron chi connectivity index (χ2n) is 6.95. The molecule has 25 heavy (non-hydrogen) atoms. The molecule has 130 valence electrons. The number of fused-ring (bicyclic) bond motifs is 1. The lowest BCUT2D eigenvalue weighted by atomic mass is 9.84. The number of hydrogen-bond donors (Lipinski definition) is 0. The molecule has 0 fully saturated rings. The van der Waals surface area contributed by atoms with E-state index in [0.29, 0.717) is 25.6 Å². The van der Waals surface area contributed by atoms with Crippen LogP contribution in [-0.4, -0.2) is 24.0 Å². The molecule has 0 N–H and O–H groups in total. The van der Waals surface area contributed by atoms with Gasteiger partial charge in [-0.1, -0.05) is 56.8 Å². The highest BCUT2D eigenvalue weighted by Crippen LogP contribution is 2.35. The first-order chi connectivity index (χ1) is 12.1. The van der Waals surface area contributed by atoms with Gasteiger partial charge in [0.2, 0.25) is 5.91 Å². The minimum Gasteiger partial charge on any atom is -0.493 e. The van der Waals surface area contributed by atoms with Crippen molar-refractivity contribution in [3.8, 4) is 5.75 Å². The quantitative estimate of drug-likeness (QED) is 0.759. The van der Waals surface area contributed by atoms with Crippen LogP contribution in [0.5, 0.6) is 5.75 Å². The van der Waals surface area contributed by atoms with Gasteiger partial charge in [0.1, 0.15) is 5.75 Å². The molecule has 0 unspecified atom stereocenters. The van der Waals surface area contributed by atoms with E-state index in [2.05, 4.69) is 44.7 Å². The van der Waals surface area contributed by atoms with Gasteiger partial charge in [-0.05, 0) is 40.8 Å². The Labute approximate surface area is 149 Å². The van der Waals surface area contributed by atoms with Crippen molar-refractivity contribution in [3.05, 3.63) is 77.9 Å². The summed E-state index contributed by atoms with van der Waals surface area (Å²) in [7, 11) is 0. The Morgan fingerprint density at radius 3 is 2.72 bits per heavy atom. The molecule has 1 aliphatic rings.